The minimum atomic E-state index is -0.321. The van der Waals surface area contributed by atoms with Gasteiger partial charge in [0.1, 0.15) is 16.6 Å². The molecule has 2 aromatic heterocycles. The van der Waals surface area contributed by atoms with Gasteiger partial charge in [0, 0.05) is 10.9 Å². The maximum absolute atomic E-state index is 13.9. The minimum Gasteiger partial charge on any atom is -0.497 e. The number of aromatic nitrogens is 4. The summed E-state index contributed by atoms with van der Waals surface area (Å²) >= 11 is 1.42. The fraction of sp³-hybridized carbons (Fsp3) is 0.105. The first-order valence-electron chi connectivity index (χ1n) is 8.15. The average Bonchev–Trinajstić information content (AvgIpc) is 3.31. The number of nitrogens with two attached hydrogens (primary N) is 1. The van der Waals surface area contributed by atoms with E-state index in [1.165, 1.54) is 22.1 Å². The third-order valence-corrected chi connectivity index (χ3v) is 5.03. The van der Waals surface area contributed by atoms with Gasteiger partial charge in [-0.2, -0.15) is 4.68 Å². The standard InChI is InChI=1S/C19H16FN5OS/c1-11-6-7-13(9-15(11)20)25-18(21)17(23-24-25)19-22-16(10-27-19)12-4-3-5-14(8-12)26-2/h3-10H,21H2,1-2H3. The van der Waals surface area contributed by atoms with Gasteiger partial charge in [-0.3, -0.25) is 0 Å². The second kappa shape index (κ2) is 6.81. The number of thiazole rings is 1. The summed E-state index contributed by atoms with van der Waals surface area (Å²) in [6.07, 6.45) is 0. The number of halogens is 1. The Kier molecular flexibility index (Phi) is 4.33. The number of benzene rings is 2. The first kappa shape index (κ1) is 17.2. The minimum absolute atomic E-state index is 0.310. The van der Waals surface area contributed by atoms with Gasteiger partial charge in [-0.25, -0.2) is 9.37 Å². The molecule has 27 heavy (non-hydrogen) atoms. The van der Waals surface area contributed by atoms with Crippen LogP contribution in [0.3, 0.4) is 0 Å². The van der Waals surface area contributed by atoms with Gasteiger partial charge in [-0.1, -0.05) is 23.4 Å². The molecule has 0 radical (unpaired) electrons. The number of aryl methyl sites for hydroxylation is 1. The largest absolute Gasteiger partial charge is 0.497 e. The third-order valence-electron chi connectivity index (χ3n) is 4.18. The monoisotopic (exact) mass is 381 g/mol. The van der Waals surface area contributed by atoms with Gasteiger partial charge in [0.25, 0.3) is 0 Å². The second-order valence-electron chi connectivity index (χ2n) is 5.94. The van der Waals surface area contributed by atoms with Crippen LogP contribution < -0.4 is 10.5 Å². The lowest BCUT2D eigenvalue weighted by Gasteiger charge is -2.04. The van der Waals surface area contributed by atoms with Gasteiger partial charge in [-0.15, -0.1) is 16.4 Å². The molecule has 136 valence electrons. The van der Waals surface area contributed by atoms with E-state index in [0.717, 1.165) is 17.0 Å². The van der Waals surface area contributed by atoms with Crippen LogP contribution in [0.15, 0.2) is 47.8 Å². The zero-order valence-corrected chi connectivity index (χ0v) is 15.5. The molecule has 0 saturated heterocycles. The van der Waals surface area contributed by atoms with Crippen molar-refractivity contribution in [2.45, 2.75) is 6.92 Å². The highest BCUT2D eigenvalue weighted by atomic mass is 32.1. The van der Waals surface area contributed by atoms with E-state index >= 15 is 0 Å². The number of hydrogen-bond donors (Lipinski definition) is 1. The van der Waals surface area contributed by atoms with Crippen LogP contribution in [0.25, 0.3) is 27.6 Å². The normalized spacial score (nSPS) is 10.9. The Labute approximate surface area is 159 Å². The first-order valence-corrected chi connectivity index (χ1v) is 9.03. The highest BCUT2D eigenvalue weighted by Crippen LogP contribution is 2.32. The van der Waals surface area contributed by atoms with Crippen LogP contribution in [0.5, 0.6) is 5.75 Å². The molecule has 0 aliphatic heterocycles. The SMILES string of the molecule is COc1cccc(-c2csc(-c3nnn(-c4ccc(C)c(F)c4)c3N)n2)c1. The molecular formula is C19H16FN5OS. The second-order valence-corrected chi connectivity index (χ2v) is 6.80. The summed E-state index contributed by atoms with van der Waals surface area (Å²) < 4.78 is 20.5. The van der Waals surface area contributed by atoms with Crippen LogP contribution in [0.4, 0.5) is 10.2 Å². The van der Waals surface area contributed by atoms with E-state index in [0.29, 0.717) is 27.8 Å². The lowest BCUT2D eigenvalue weighted by molar-refractivity contribution is 0.415. The number of nitrogen functional groups attached to an aromatic ring is 1. The Bertz CT molecular complexity index is 1120. The Balaban J connectivity index is 1.70. The summed E-state index contributed by atoms with van der Waals surface area (Å²) in [5, 5.41) is 10.8. The molecule has 0 aliphatic rings. The molecule has 0 unspecified atom stereocenters. The topological polar surface area (TPSA) is 78.9 Å². The Morgan fingerprint density at radius 2 is 2.04 bits per heavy atom. The van der Waals surface area contributed by atoms with Gasteiger partial charge in [-0.05, 0) is 36.8 Å². The number of hydrogen-bond acceptors (Lipinski definition) is 6. The molecule has 2 N–H and O–H groups in total. The van der Waals surface area contributed by atoms with Crippen molar-refractivity contribution < 1.29 is 9.13 Å². The molecule has 0 spiro atoms. The van der Waals surface area contributed by atoms with E-state index in [-0.39, 0.29) is 5.82 Å². The number of anilines is 1. The van der Waals surface area contributed by atoms with Crippen LogP contribution in [-0.2, 0) is 0 Å². The summed E-state index contributed by atoms with van der Waals surface area (Å²) in [4.78, 5) is 4.62. The quantitative estimate of drug-likeness (QED) is 0.576. The molecule has 4 rings (SSSR count). The van der Waals surface area contributed by atoms with Crippen LogP contribution in [0.1, 0.15) is 5.56 Å². The van der Waals surface area contributed by atoms with Crippen molar-refractivity contribution in [1.29, 1.82) is 0 Å². The van der Waals surface area contributed by atoms with E-state index in [2.05, 4.69) is 15.3 Å². The van der Waals surface area contributed by atoms with Crippen molar-refractivity contribution in [2.24, 2.45) is 0 Å². The molecule has 0 saturated carbocycles. The number of methoxy groups -OCH3 is 1. The van der Waals surface area contributed by atoms with E-state index in [4.69, 9.17) is 10.5 Å². The third kappa shape index (κ3) is 3.15. The Morgan fingerprint density at radius 3 is 2.81 bits per heavy atom. The maximum atomic E-state index is 13.9. The van der Waals surface area contributed by atoms with Crippen molar-refractivity contribution in [3.8, 4) is 33.4 Å². The molecule has 2 aromatic carbocycles. The summed E-state index contributed by atoms with van der Waals surface area (Å²) in [6, 6.07) is 12.5. The van der Waals surface area contributed by atoms with Crippen LogP contribution >= 0.6 is 11.3 Å². The number of rotatable bonds is 4. The summed E-state index contributed by atoms with van der Waals surface area (Å²) in [7, 11) is 1.62. The number of ether oxygens (including phenoxy) is 1. The van der Waals surface area contributed by atoms with Crippen LogP contribution in [-0.4, -0.2) is 27.1 Å². The van der Waals surface area contributed by atoms with E-state index in [9.17, 15) is 4.39 Å². The lowest BCUT2D eigenvalue weighted by Crippen LogP contribution is -2.03. The molecule has 4 aromatic rings. The van der Waals surface area contributed by atoms with E-state index in [1.807, 2.05) is 29.6 Å². The summed E-state index contributed by atoms with van der Waals surface area (Å²) in [5.74, 6) is 0.747. The van der Waals surface area contributed by atoms with Gasteiger partial charge in [0.05, 0.1) is 18.5 Å². The van der Waals surface area contributed by atoms with Crippen molar-refractivity contribution in [1.82, 2.24) is 20.0 Å². The highest BCUT2D eigenvalue weighted by Gasteiger charge is 2.17. The van der Waals surface area contributed by atoms with Crippen LogP contribution in [0.2, 0.25) is 0 Å². The molecular weight excluding hydrogens is 365 g/mol. The van der Waals surface area contributed by atoms with E-state index < -0.39 is 0 Å². The van der Waals surface area contributed by atoms with Crippen molar-refractivity contribution >= 4 is 17.2 Å². The zero-order valence-electron chi connectivity index (χ0n) is 14.7. The van der Waals surface area contributed by atoms with Crippen molar-refractivity contribution in [3.05, 3.63) is 59.2 Å². The molecule has 0 aliphatic carbocycles. The molecule has 8 heteroatoms. The predicted octanol–water partition coefficient (Wildman–Crippen LogP) is 4.10. The highest BCUT2D eigenvalue weighted by molar-refractivity contribution is 7.13. The summed E-state index contributed by atoms with van der Waals surface area (Å²) in [5.41, 5.74) is 9.48. The fourth-order valence-corrected chi connectivity index (χ4v) is 3.46. The molecule has 0 fully saturated rings. The number of nitrogens with zero attached hydrogens (tertiary/aromatic N) is 4. The van der Waals surface area contributed by atoms with Crippen molar-refractivity contribution in [2.75, 3.05) is 12.8 Å². The molecule has 6 nitrogen and oxygen atoms in total. The van der Waals surface area contributed by atoms with Gasteiger partial charge in [0.2, 0.25) is 0 Å². The first-order chi connectivity index (χ1) is 13.1. The molecule has 0 atom stereocenters. The van der Waals surface area contributed by atoms with Crippen molar-refractivity contribution in [3.63, 3.8) is 0 Å². The van der Waals surface area contributed by atoms with Gasteiger partial charge >= 0.3 is 0 Å². The van der Waals surface area contributed by atoms with Gasteiger partial charge < -0.3 is 10.5 Å². The fourth-order valence-electron chi connectivity index (χ4n) is 2.64. The lowest BCUT2D eigenvalue weighted by atomic mass is 10.2. The predicted molar refractivity (Wildman–Crippen MR) is 104 cm³/mol. The molecule has 0 bridgehead atoms. The Hall–Kier alpha value is -3.26. The van der Waals surface area contributed by atoms with Gasteiger partial charge in [0.15, 0.2) is 11.5 Å². The average molecular weight is 381 g/mol. The Morgan fingerprint density at radius 1 is 1.19 bits per heavy atom. The van der Waals surface area contributed by atoms with Crippen LogP contribution in [0, 0.1) is 12.7 Å². The smallest absolute Gasteiger partial charge is 0.165 e. The van der Waals surface area contributed by atoms with E-state index in [1.54, 1.807) is 26.2 Å². The summed E-state index contributed by atoms with van der Waals surface area (Å²) in [6.45, 7) is 1.70. The molecule has 0 amide bonds. The zero-order chi connectivity index (χ0) is 19.0. The molecule has 2 heterocycles. The maximum Gasteiger partial charge on any atom is 0.165 e.